The minimum Gasteiger partial charge on any atom is -0.491 e. The van der Waals surface area contributed by atoms with Crippen LogP contribution in [0, 0.1) is 11.8 Å². The summed E-state index contributed by atoms with van der Waals surface area (Å²) >= 11 is 0. The maximum Gasteiger partial charge on any atom is 0.217 e. The molecule has 4 heteroatoms. The van der Waals surface area contributed by atoms with Crippen molar-refractivity contribution in [1.29, 1.82) is 0 Å². The third-order valence-electron chi connectivity index (χ3n) is 1.87. The van der Waals surface area contributed by atoms with Crippen molar-refractivity contribution in [3.63, 3.8) is 0 Å². The first-order valence-electron chi connectivity index (χ1n) is 5.29. The Labute approximate surface area is 101 Å². The number of aliphatic hydroxyl groups is 1. The first-order chi connectivity index (χ1) is 8.22. The van der Waals surface area contributed by atoms with Gasteiger partial charge in [0.2, 0.25) is 5.91 Å². The summed E-state index contributed by atoms with van der Waals surface area (Å²) in [5.41, 5.74) is 0.853. The van der Waals surface area contributed by atoms with Crippen molar-refractivity contribution in [1.82, 2.24) is 5.32 Å². The van der Waals surface area contributed by atoms with E-state index in [1.807, 2.05) is 12.1 Å². The van der Waals surface area contributed by atoms with Gasteiger partial charge in [-0.2, -0.15) is 0 Å². The van der Waals surface area contributed by atoms with Crippen molar-refractivity contribution in [2.24, 2.45) is 0 Å². The number of benzene rings is 1. The summed E-state index contributed by atoms with van der Waals surface area (Å²) in [4.78, 5) is 10.6. The van der Waals surface area contributed by atoms with Crippen molar-refractivity contribution >= 4 is 5.91 Å². The van der Waals surface area contributed by atoms with E-state index in [0.29, 0.717) is 12.3 Å². The SMILES string of the molecule is CC(=O)NCC#Cc1ccc(OCCO)cc1. The lowest BCUT2D eigenvalue weighted by Crippen LogP contribution is -2.19. The zero-order valence-corrected chi connectivity index (χ0v) is 9.69. The maximum atomic E-state index is 10.6. The van der Waals surface area contributed by atoms with Crippen molar-refractivity contribution in [2.75, 3.05) is 19.8 Å². The van der Waals surface area contributed by atoms with Gasteiger partial charge in [-0.15, -0.1) is 0 Å². The van der Waals surface area contributed by atoms with Gasteiger partial charge in [-0.05, 0) is 24.3 Å². The Bertz CT molecular complexity index is 415. The Hall–Kier alpha value is -1.99. The van der Waals surface area contributed by atoms with Crippen molar-refractivity contribution in [3.8, 4) is 17.6 Å². The van der Waals surface area contributed by atoms with Crippen LogP contribution >= 0.6 is 0 Å². The van der Waals surface area contributed by atoms with Crippen LogP contribution in [0.25, 0.3) is 0 Å². The molecular formula is C13H15NO3. The van der Waals surface area contributed by atoms with Gasteiger partial charge in [-0.25, -0.2) is 0 Å². The molecule has 0 aromatic heterocycles. The highest BCUT2D eigenvalue weighted by Crippen LogP contribution is 2.10. The number of hydrogen-bond acceptors (Lipinski definition) is 3. The van der Waals surface area contributed by atoms with Gasteiger partial charge in [0.05, 0.1) is 13.2 Å². The van der Waals surface area contributed by atoms with Crippen LogP contribution in [0.2, 0.25) is 0 Å². The van der Waals surface area contributed by atoms with E-state index < -0.39 is 0 Å². The average molecular weight is 233 g/mol. The molecule has 17 heavy (non-hydrogen) atoms. The number of nitrogens with one attached hydrogen (secondary N) is 1. The summed E-state index contributed by atoms with van der Waals surface area (Å²) in [5, 5.41) is 11.2. The highest BCUT2D eigenvalue weighted by molar-refractivity contribution is 5.73. The number of aliphatic hydroxyl groups excluding tert-OH is 1. The van der Waals surface area contributed by atoms with Gasteiger partial charge in [0.25, 0.3) is 0 Å². The summed E-state index contributed by atoms with van der Waals surface area (Å²) in [6.45, 7) is 2.08. The summed E-state index contributed by atoms with van der Waals surface area (Å²) < 4.78 is 5.21. The molecule has 0 fully saturated rings. The number of carbonyl (C=O) groups is 1. The Morgan fingerprint density at radius 1 is 1.41 bits per heavy atom. The van der Waals surface area contributed by atoms with Gasteiger partial charge in [0, 0.05) is 12.5 Å². The van der Waals surface area contributed by atoms with Crippen LogP contribution in [0.1, 0.15) is 12.5 Å². The Morgan fingerprint density at radius 3 is 2.71 bits per heavy atom. The molecular weight excluding hydrogens is 218 g/mol. The molecule has 0 atom stereocenters. The first-order valence-corrected chi connectivity index (χ1v) is 5.29. The lowest BCUT2D eigenvalue weighted by molar-refractivity contribution is -0.118. The lowest BCUT2D eigenvalue weighted by atomic mass is 10.2. The minimum absolute atomic E-state index is 0.00171. The molecule has 0 saturated heterocycles. The Kier molecular flexibility index (Phi) is 5.62. The van der Waals surface area contributed by atoms with Gasteiger partial charge in [-0.3, -0.25) is 4.79 Å². The van der Waals surface area contributed by atoms with E-state index in [-0.39, 0.29) is 19.1 Å². The molecule has 1 amide bonds. The lowest BCUT2D eigenvalue weighted by Gasteiger charge is -2.02. The predicted molar refractivity (Wildman–Crippen MR) is 64.6 cm³/mol. The molecule has 2 N–H and O–H groups in total. The quantitative estimate of drug-likeness (QED) is 0.746. The molecule has 1 rings (SSSR count). The first kappa shape index (κ1) is 13.1. The van der Waals surface area contributed by atoms with Gasteiger partial charge in [0.15, 0.2) is 0 Å². The van der Waals surface area contributed by atoms with Crippen molar-refractivity contribution < 1.29 is 14.6 Å². The molecule has 0 spiro atoms. The second kappa shape index (κ2) is 7.31. The molecule has 0 bridgehead atoms. The molecule has 90 valence electrons. The van der Waals surface area contributed by atoms with Crippen LogP contribution in [0.15, 0.2) is 24.3 Å². The van der Waals surface area contributed by atoms with E-state index in [2.05, 4.69) is 17.2 Å². The van der Waals surface area contributed by atoms with Crippen molar-refractivity contribution in [3.05, 3.63) is 29.8 Å². The number of carbonyl (C=O) groups excluding carboxylic acids is 1. The fourth-order valence-corrected chi connectivity index (χ4v) is 1.11. The third-order valence-corrected chi connectivity index (χ3v) is 1.87. The van der Waals surface area contributed by atoms with E-state index in [4.69, 9.17) is 9.84 Å². The Balaban J connectivity index is 2.47. The molecule has 0 heterocycles. The number of ether oxygens (including phenoxy) is 1. The molecule has 0 saturated carbocycles. The van der Waals surface area contributed by atoms with Gasteiger partial charge < -0.3 is 15.2 Å². The van der Waals surface area contributed by atoms with E-state index >= 15 is 0 Å². The van der Waals surface area contributed by atoms with Crippen LogP contribution in [0.3, 0.4) is 0 Å². The largest absolute Gasteiger partial charge is 0.491 e. The molecule has 0 aliphatic heterocycles. The molecule has 1 aromatic rings. The van der Waals surface area contributed by atoms with E-state index in [9.17, 15) is 4.79 Å². The van der Waals surface area contributed by atoms with E-state index in [1.165, 1.54) is 6.92 Å². The molecule has 0 aliphatic rings. The molecule has 0 unspecified atom stereocenters. The zero-order chi connectivity index (χ0) is 12.5. The summed E-state index contributed by atoms with van der Waals surface area (Å²) in [5.74, 6) is 6.36. The highest BCUT2D eigenvalue weighted by Gasteiger charge is 1.92. The molecule has 0 radical (unpaired) electrons. The van der Waals surface area contributed by atoms with Crippen LogP contribution in [0.5, 0.6) is 5.75 Å². The van der Waals surface area contributed by atoms with Crippen LogP contribution < -0.4 is 10.1 Å². The fraction of sp³-hybridized carbons (Fsp3) is 0.308. The molecule has 0 aliphatic carbocycles. The minimum atomic E-state index is -0.0907. The highest BCUT2D eigenvalue weighted by atomic mass is 16.5. The third kappa shape index (κ3) is 5.59. The zero-order valence-electron chi connectivity index (χ0n) is 9.69. The van der Waals surface area contributed by atoms with Crippen LogP contribution in [-0.4, -0.2) is 30.8 Å². The van der Waals surface area contributed by atoms with Gasteiger partial charge >= 0.3 is 0 Å². The van der Waals surface area contributed by atoms with E-state index in [1.54, 1.807) is 12.1 Å². The topological polar surface area (TPSA) is 58.6 Å². The second-order valence-corrected chi connectivity index (χ2v) is 3.31. The molecule has 4 nitrogen and oxygen atoms in total. The number of rotatable bonds is 4. The normalized spacial score (nSPS) is 9.06. The summed E-state index contributed by atoms with van der Waals surface area (Å²) in [7, 11) is 0. The van der Waals surface area contributed by atoms with Gasteiger partial charge in [-0.1, -0.05) is 11.8 Å². The summed E-state index contributed by atoms with van der Waals surface area (Å²) in [6, 6.07) is 7.23. The average Bonchev–Trinajstić information content (AvgIpc) is 2.33. The second-order valence-electron chi connectivity index (χ2n) is 3.31. The van der Waals surface area contributed by atoms with Crippen LogP contribution in [0.4, 0.5) is 0 Å². The van der Waals surface area contributed by atoms with Crippen LogP contribution in [-0.2, 0) is 4.79 Å². The Morgan fingerprint density at radius 2 is 2.12 bits per heavy atom. The molecule has 1 aromatic carbocycles. The smallest absolute Gasteiger partial charge is 0.217 e. The monoisotopic (exact) mass is 233 g/mol. The maximum absolute atomic E-state index is 10.6. The van der Waals surface area contributed by atoms with Gasteiger partial charge in [0.1, 0.15) is 12.4 Å². The predicted octanol–water partition coefficient (Wildman–Crippen LogP) is 0.545. The summed E-state index contributed by atoms with van der Waals surface area (Å²) in [6.07, 6.45) is 0. The van der Waals surface area contributed by atoms with Crippen molar-refractivity contribution in [2.45, 2.75) is 6.92 Å². The number of hydrogen-bond donors (Lipinski definition) is 2. The standard InChI is InChI=1S/C13H15NO3/c1-11(16)14-8-2-3-12-4-6-13(7-5-12)17-10-9-15/h4-7,15H,8-10H2,1H3,(H,14,16). The number of amides is 1. The van der Waals surface area contributed by atoms with E-state index in [0.717, 1.165) is 5.56 Å². The fourth-order valence-electron chi connectivity index (χ4n) is 1.11.